The van der Waals surface area contributed by atoms with Crippen molar-refractivity contribution in [2.75, 3.05) is 5.75 Å². The van der Waals surface area contributed by atoms with Gasteiger partial charge in [-0.15, -0.1) is 0 Å². The zero-order valence-electron chi connectivity index (χ0n) is 9.53. The molecule has 0 radical (unpaired) electrons. The molecule has 4 heteroatoms. The predicted octanol–water partition coefficient (Wildman–Crippen LogP) is 2.39. The lowest BCUT2D eigenvalue weighted by atomic mass is 9.88. The third kappa shape index (κ3) is 2.19. The number of hydrogen-bond acceptors (Lipinski definition) is 3. The van der Waals surface area contributed by atoms with E-state index in [2.05, 4.69) is 27.4 Å². The average Bonchev–Trinajstić information content (AvgIpc) is 2.76. The first-order chi connectivity index (χ1) is 7.15. The van der Waals surface area contributed by atoms with Crippen molar-refractivity contribution in [2.24, 2.45) is 5.41 Å². The smallest absolute Gasteiger partial charge is 0.147 e. The number of rotatable bonds is 3. The summed E-state index contributed by atoms with van der Waals surface area (Å²) in [5.74, 6) is 2.87. The van der Waals surface area contributed by atoms with Gasteiger partial charge in [0, 0.05) is 6.54 Å². The molecule has 1 aromatic rings. The molecule has 2 rings (SSSR count). The topological polar surface area (TPSA) is 30.7 Å². The molecular weight excluding hydrogens is 206 g/mol. The Kier molecular flexibility index (Phi) is 3.05. The van der Waals surface area contributed by atoms with E-state index in [-0.39, 0.29) is 0 Å². The molecule has 1 fully saturated rings. The van der Waals surface area contributed by atoms with Crippen LogP contribution in [-0.4, -0.2) is 20.5 Å². The van der Waals surface area contributed by atoms with Crippen molar-refractivity contribution in [2.45, 2.75) is 46.1 Å². The molecule has 1 aromatic heterocycles. The summed E-state index contributed by atoms with van der Waals surface area (Å²) in [6, 6.07) is 0. The lowest BCUT2D eigenvalue weighted by molar-refractivity contribution is 0.273. The Labute approximate surface area is 96.7 Å². The van der Waals surface area contributed by atoms with Crippen LogP contribution in [-0.2, 0) is 6.54 Å². The van der Waals surface area contributed by atoms with Crippen LogP contribution in [0, 0.1) is 19.3 Å². The Bertz CT molecular complexity index is 340. The molecule has 15 heavy (non-hydrogen) atoms. The fraction of sp³-hybridized carbons (Fsp3) is 0.818. The van der Waals surface area contributed by atoms with E-state index in [1.165, 1.54) is 25.7 Å². The van der Waals surface area contributed by atoms with Crippen molar-refractivity contribution in [3.05, 3.63) is 11.6 Å². The van der Waals surface area contributed by atoms with Crippen molar-refractivity contribution in [1.29, 1.82) is 0 Å². The minimum Gasteiger partial charge on any atom is -0.250 e. The minimum atomic E-state index is 0.369. The van der Waals surface area contributed by atoms with Crippen molar-refractivity contribution >= 4 is 12.6 Å². The Balaban J connectivity index is 2.16. The highest BCUT2D eigenvalue weighted by Gasteiger charge is 2.33. The maximum Gasteiger partial charge on any atom is 0.147 e. The molecule has 0 saturated heterocycles. The van der Waals surface area contributed by atoms with Crippen LogP contribution >= 0.6 is 12.6 Å². The molecule has 0 atom stereocenters. The molecule has 0 aromatic carbocycles. The summed E-state index contributed by atoms with van der Waals surface area (Å²) in [5.41, 5.74) is 0.369. The van der Waals surface area contributed by atoms with Crippen molar-refractivity contribution < 1.29 is 0 Å². The summed E-state index contributed by atoms with van der Waals surface area (Å²) in [6.45, 7) is 4.97. The van der Waals surface area contributed by atoms with Crippen LogP contribution in [0.4, 0.5) is 0 Å². The molecular formula is C11H19N3S. The molecule has 0 bridgehead atoms. The molecule has 1 aliphatic rings. The van der Waals surface area contributed by atoms with Crippen molar-refractivity contribution in [1.82, 2.24) is 14.8 Å². The van der Waals surface area contributed by atoms with Crippen LogP contribution in [0.5, 0.6) is 0 Å². The second-order valence-corrected chi connectivity index (χ2v) is 5.05. The normalized spacial score (nSPS) is 19.7. The molecule has 84 valence electrons. The number of hydrogen-bond donors (Lipinski definition) is 1. The van der Waals surface area contributed by atoms with Gasteiger partial charge in [-0.25, -0.2) is 9.67 Å². The van der Waals surface area contributed by atoms with Crippen LogP contribution in [0.25, 0.3) is 0 Å². The lowest BCUT2D eigenvalue weighted by Crippen LogP contribution is -2.26. The number of nitrogens with zero attached hydrogens (tertiary/aromatic N) is 3. The molecule has 0 amide bonds. The highest BCUT2D eigenvalue weighted by molar-refractivity contribution is 7.80. The summed E-state index contributed by atoms with van der Waals surface area (Å²) in [7, 11) is 0. The van der Waals surface area contributed by atoms with E-state index >= 15 is 0 Å². The molecule has 3 nitrogen and oxygen atoms in total. The van der Waals surface area contributed by atoms with Crippen LogP contribution in [0.1, 0.15) is 37.3 Å². The largest absolute Gasteiger partial charge is 0.250 e. The van der Waals surface area contributed by atoms with Gasteiger partial charge in [0.15, 0.2) is 0 Å². The molecule has 1 heterocycles. The number of aromatic nitrogens is 3. The maximum atomic E-state index is 4.51. The van der Waals surface area contributed by atoms with Crippen molar-refractivity contribution in [3.63, 3.8) is 0 Å². The minimum absolute atomic E-state index is 0.369. The number of thiol groups is 1. The zero-order chi connectivity index (χ0) is 10.9. The second kappa shape index (κ2) is 4.16. The molecule has 0 N–H and O–H groups in total. The molecule has 1 aliphatic carbocycles. The van der Waals surface area contributed by atoms with E-state index in [4.69, 9.17) is 0 Å². The van der Waals surface area contributed by atoms with E-state index in [0.29, 0.717) is 5.41 Å². The van der Waals surface area contributed by atoms with Gasteiger partial charge in [0.05, 0.1) is 0 Å². The van der Waals surface area contributed by atoms with E-state index < -0.39 is 0 Å². The Morgan fingerprint density at radius 3 is 2.47 bits per heavy atom. The first-order valence-electron chi connectivity index (χ1n) is 5.64. The number of aryl methyl sites for hydroxylation is 2. The second-order valence-electron chi connectivity index (χ2n) is 4.73. The first kappa shape index (κ1) is 11.0. The monoisotopic (exact) mass is 225 g/mol. The van der Waals surface area contributed by atoms with E-state index in [1.54, 1.807) is 0 Å². The van der Waals surface area contributed by atoms with E-state index in [9.17, 15) is 0 Å². The van der Waals surface area contributed by atoms with Crippen LogP contribution in [0.2, 0.25) is 0 Å². The molecule has 0 aliphatic heterocycles. The summed E-state index contributed by atoms with van der Waals surface area (Å²) < 4.78 is 2.05. The predicted molar refractivity (Wildman–Crippen MR) is 64.3 cm³/mol. The summed E-state index contributed by atoms with van der Waals surface area (Å²) in [5, 5.41) is 4.44. The quantitative estimate of drug-likeness (QED) is 0.801. The lowest BCUT2D eigenvalue weighted by Gasteiger charge is -2.26. The van der Waals surface area contributed by atoms with Gasteiger partial charge in [0.1, 0.15) is 11.6 Å². The summed E-state index contributed by atoms with van der Waals surface area (Å²) >= 11 is 4.51. The standard InChI is InChI=1S/C11H19N3S/c1-9-12-10(2)14(13-9)7-11(8-15)5-3-4-6-11/h15H,3-8H2,1-2H3. The van der Waals surface area contributed by atoms with Crippen LogP contribution in [0.15, 0.2) is 0 Å². The van der Waals surface area contributed by atoms with Gasteiger partial charge in [0.25, 0.3) is 0 Å². The van der Waals surface area contributed by atoms with E-state index in [1.807, 2.05) is 13.8 Å². The molecule has 0 spiro atoms. The Morgan fingerprint density at radius 2 is 2.00 bits per heavy atom. The van der Waals surface area contributed by atoms with Crippen molar-refractivity contribution in [3.8, 4) is 0 Å². The first-order valence-corrected chi connectivity index (χ1v) is 6.27. The van der Waals surface area contributed by atoms with Gasteiger partial charge >= 0.3 is 0 Å². The van der Waals surface area contributed by atoms with Gasteiger partial charge in [-0.1, -0.05) is 12.8 Å². The maximum absolute atomic E-state index is 4.51. The molecule has 1 saturated carbocycles. The van der Waals surface area contributed by atoms with Gasteiger partial charge in [-0.05, 0) is 37.9 Å². The van der Waals surface area contributed by atoms with Gasteiger partial charge in [0.2, 0.25) is 0 Å². The Hall–Kier alpha value is -0.510. The Morgan fingerprint density at radius 1 is 1.33 bits per heavy atom. The highest BCUT2D eigenvalue weighted by Crippen LogP contribution is 2.40. The van der Waals surface area contributed by atoms with Gasteiger partial charge < -0.3 is 0 Å². The van der Waals surface area contributed by atoms with Crippen LogP contribution < -0.4 is 0 Å². The van der Waals surface area contributed by atoms with Gasteiger partial charge in [-0.3, -0.25) is 0 Å². The van der Waals surface area contributed by atoms with E-state index in [0.717, 1.165) is 23.9 Å². The zero-order valence-corrected chi connectivity index (χ0v) is 10.4. The SMILES string of the molecule is Cc1nc(C)n(CC2(CS)CCCC2)n1. The molecule has 0 unspecified atom stereocenters. The summed E-state index contributed by atoms with van der Waals surface area (Å²) in [4.78, 5) is 4.35. The van der Waals surface area contributed by atoms with Gasteiger partial charge in [-0.2, -0.15) is 17.7 Å². The summed E-state index contributed by atoms with van der Waals surface area (Å²) in [6.07, 6.45) is 5.25. The van der Waals surface area contributed by atoms with Crippen LogP contribution in [0.3, 0.4) is 0 Å². The average molecular weight is 225 g/mol. The fourth-order valence-corrected chi connectivity index (χ4v) is 2.94. The fourth-order valence-electron chi connectivity index (χ4n) is 2.52. The highest BCUT2D eigenvalue weighted by atomic mass is 32.1. The third-order valence-electron chi connectivity index (χ3n) is 3.45. The third-order valence-corrected chi connectivity index (χ3v) is 4.12.